The van der Waals surface area contributed by atoms with Gasteiger partial charge in [-0.15, -0.1) is 0 Å². The lowest BCUT2D eigenvalue weighted by Gasteiger charge is -2.26. The van der Waals surface area contributed by atoms with E-state index in [1.165, 1.54) is 7.05 Å². The van der Waals surface area contributed by atoms with Gasteiger partial charge in [0, 0.05) is 0 Å². The number of likely N-dealkylation sites (N-methyl/N-ethyl adjacent to an activating group) is 1. The first kappa shape index (κ1) is 17.8. The van der Waals surface area contributed by atoms with E-state index < -0.39 is 31.1 Å². The first-order valence-corrected chi connectivity index (χ1v) is 6.05. The molecule has 0 bridgehead atoms. The van der Waals surface area contributed by atoms with Crippen molar-refractivity contribution in [3.05, 3.63) is 35.4 Å². The summed E-state index contributed by atoms with van der Waals surface area (Å²) in [4.78, 5) is 0. The summed E-state index contributed by atoms with van der Waals surface area (Å²) in [5.41, 5.74) is 1.33. The SMILES string of the molecule is CNC(COC(C(F)(F)F)C(F)(F)F)c1ccccc1C. The van der Waals surface area contributed by atoms with Gasteiger partial charge in [0.05, 0.1) is 12.6 Å². The van der Waals surface area contributed by atoms with Gasteiger partial charge in [0.15, 0.2) is 0 Å². The van der Waals surface area contributed by atoms with Gasteiger partial charge >= 0.3 is 12.4 Å². The molecule has 1 atom stereocenters. The smallest absolute Gasteiger partial charge is 0.359 e. The highest BCUT2D eigenvalue weighted by atomic mass is 19.4. The minimum atomic E-state index is -5.50. The van der Waals surface area contributed by atoms with Gasteiger partial charge in [-0.1, -0.05) is 24.3 Å². The van der Waals surface area contributed by atoms with Crippen molar-refractivity contribution in [3.8, 4) is 0 Å². The maximum Gasteiger partial charge on any atom is 0.423 e. The van der Waals surface area contributed by atoms with Crippen LogP contribution in [0.5, 0.6) is 0 Å². The zero-order valence-corrected chi connectivity index (χ0v) is 11.3. The maximum atomic E-state index is 12.4. The van der Waals surface area contributed by atoms with Crippen LogP contribution in [-0.2, 0) is 4.74 Å². The summed E-state index contributed by atoms with van der Waals surface area (Å²) in [5.74, 6) is 0. The normalized spacial score (nSPS) is 14.5. The Bertz CT molecular complexity index is 443. The van der Waals surface area contributed by atoms with Crippen LogP contribution in [0, 0.1) is 6.92 Å². The Morgan fingerprint density at radius 2 is 1.57 bits per heavy atom. The van der Waals surface area contributed by atoms with Gasteiger partial charge < -0.3 is 10.1 Å². The minimum absolute atomic E-state index is 0.586. The van der Waals surface area contributed by atoms with Gasteiger partial charge in [0.2, 0.25) is 6.10 Å². The van der Waals surface area contributed by atoms with Crippen LogP contribution in [-0.4, -0.2) is 32.1 Å². The second-order valence-corrected chi connectivity index (χ2v) is 4.49. The summed E-state index contributed by atoms with van der Waals surface area (Å²) < 4.78 is 78.4. The van der Waals surface area contributed by atoms with Gasteiger partial charge in [-0.3, -0.25) is 0 Å². The number of hydrogen-bond donors (Lipinski definition) is 1. The van der Waals surface area contributed by atoms with Gasteiger partial charge in [-0.2, -0.15) is 26.3 Å². The molecular formula is C13H15F6NO. The number of ether oxygens (including phenoxy) is 1. The lowest BCUT2D eigenvalue weighted by atomic mass is 10.0. The van der Waals surface area contributed by atoms with Crippen molar-refractivity contribution in [2.45, 2.75) is 31.4 Å². The number of aryl methyl sites for hydroxylation is 1. The first-order chi connectivity index (χ1) is 9.57. The van der Waals surface area contributed by atoms with E-state index >= 15 is 0 Å². The quantitative estimate of drug-likeness (QED) is 0.835. The molecule has 8 heteroatoms. The van der Waals surface area contributed by atoms with Crippen LogP contribution in [0.2, 0.25) is 0 Å². The summed E-state index contributed by atoms with van der Waals surface area (Å²) >= 11 is 0. The van der Waals surface area contributed by atoms with Crippen molar-refractivity contribution in [1.82, 2.24) is 5.32 Å². The van der Waals surface area contributed by atoms with E-state index in [0.29, 0.717) is 5.56 Å². The molecule has 0 aromatic heterocycles. The summed E-state index contributed by atoms with van der Waals surface area (Å²) in [6.45, 7) is 0.968. The van der Waals surface area contributed by atoms with Gasteiger partial charge in [0.25, 0.3) is 0 Å². The van der Waals surface area contributed by atoms with Crippen LogP contribution < -0.4 is 5.32 Å². The van der Waals surface area contributed by atoms with E-state index in [1.54, 1.807) is 31.2 Å². The maximum absolute atomic E-state index is 12.4. The molecule has 0 spiro atoms. The minimum Gasteiger partial charge on any atom is -0.359 e. The molecule has 1 aromatic rings. The number of alkyl halides is 6. The number of nitrogens with one attached hydrogen (secondary N) is 1. The monoisotopic (exact) mass is 315 g/mol. The lowest BCUT2D eigenvalue weighted by molar-refractivity contribution is -0.322. The molecule has 1 unspecified atom stereocenters. The fourth-order valence-electron chi connectivity index (χ4n) is 1.87. The molecule has 0 aliphatic rings. The summed E-state index contributed by atoms with van der Waals surface area (Å²) in [6, 6.07) is 5.94. The lowest BCUT2D eigenvalue weighted by Crippen LogP contribution is -2.45. The first-order valence-electron chi connectivity index (χ1n) is 6.05. The zero-order valence-electron chi connectivity index (χ0n) is 11.3. The van der Waals surface area contributed by atoms with Crippen LogP contribution in [0.15, 0.2) is 24.3 Å². The van der Waals surface area contributed by atoms with Crippen LogP contribution >= 0.6 is 0 Å². The van der Waals surface area contributed by atoms with Crippen molar-refractivity contribution in [1.29, 1.82) is 0 Å². The van der Waals surface area contributed by atoms with Crippen LogP contribution in [0.1, 0.15) is 17.2 Å². The fourth-order valence-corrected chi connectivity index (χ4v) is 1.87. The summed E-state index contributed by atoms with van der Waals surface area (Å²) in [5, 5.41) is 2.66. The molecule has 0 aliphatic carbocycles. The second-order valence-electron chi connectivity index (χ2n) is 4.49. The van der Waals surface area contributed by atoms with Crippen LogP contribution in [0.3, 0.4) is 0 Å². The zero-order chi connectivity index (χ0) is 16.3. The van der Waals surface area contributed by atoms with Crippen molar-refractivity contribution >= 4 is 0 Å². The number of rotatable bonds is 5. The molecule has 1 aromatic carbocycles. The molecule has 0 fully saturated rings. The molecule has 1 N–H and O–H groups in total. The highest BCUT2D eigenvalue weighted by Crippen LogP contribution is 2.36. The fraction of sp³-hybridized carbons (Fsp3) is 0.538. The van der Waals surface area contributed by atoms with Gasteiger partial charge in [-0.05, 0) is 25.1 Å². The van der Waals surface area contributed by atoms with Crippen molar-refractivity contribution in [3.63, 3.8) is 0 Å². The van der Waals surface area contributed by atoms with E-state index in [1.807, 2.05) is 0 Å². The number of benzene rings is 1. The largest absolute Gasteiger partial charge is 0.423 e. The molecule has 2 nitrogen and oxygen atoms in total. The Morgan fingerprint density at radius 3 is 2.00 bits per heavy atom. The average Bonchev–Trinajstić information content (AvgIpc) is 2.32. The predicted molar refractivity (Wildman–Crippen MR) is 64.8 cm³/mol. The van der Waals surface area contributed by atoms with Crippen molar-refractivity contribution < 1.29 is 31.1 Å². The van der Waals surface area contributed by atoms with Crippen molar-refractivity contribution in [2.24, 2.45) is 0 Å². The van der Waals surface area contributed by atoms with E-state index in [9.17, 15) is 26.3 Å². The highest BCUT2D eigenvalue weighted by Gasteiger charge is 2.58. The molecule has 120 valence electrons. The molecule has 21 heavy (non-hydrogen) atoms. The Hall–Kier alpha value is -1.28. The number of hydrogen-bond acceptors (Lipinski definition) is 2. The van der Waals surface area contributed by atoms with Gasteiger partial charge in [-0.25, -0.2) is 0 Å². The van der Waals surface area contributed by atoms with Gasteiger partial charge in [0.1, 0.15) is 0 Å². The van der Waals surface area contributed by atoms with E-state index in [2.05, 4.69) is 10.1 Å². The average molecular weight is 315 g/mol. The Labute approximate surface area is 118 Å². The predicted octanol–water partition coefficient (Wildman–Crippen LogP) is 3.77. The molecule has 0 saturated heterocycles. The van der Waals surface area contributed by atoms with E-state index in [4.69, 9.17) is 0 Å². The van der Waals surface area contributed by atoms with Crippen LogP contribution in [0.25, 0.3) is 0 Å². The van der Waals surface area contributed by atoms with Crippen LogP contribution in [0.4, 0.5) is 26.3 Å². The van der Waals surface area contributed by atoms with Crippen molar-refractivity contribution in [2.75, 3.05) is 13.7 Å². The molecule has 0 aliphatic heterocycles. The molecule has 0 saturated carbocycles. The third-order valence-corrected chi connectivity index (χ3v) is 2.94. The molecule has 0 radical (unpaired) electrons. The Morgan fingerprint density at radius 1 is 1.05 bits per heavy atom. The molecule has 0 amide bonds. The molecular weight excluding hydrogens is 300 g/mol. The second kappa shape index (κ2) is 6.65. The third-order valence-electron chi connectivity index (χ3n) is 2.94. The van der Waals surface area contributed by atoms with E-state index in [0.717, 1.165) is 5.56 Å². The Balaban J connectivity index is 2.85. The summed E-state index contributed by atoms with van der Waals surface area (Å²) in [6.07, 6.45) is -14.8. The molecule has 0 heterocycles. The highest BCUT2D eigenvalue weighted by molar-refractivity contribution is 5.28. The van der Waals surface area contributed by atoms with E-state index in [-0.39, 0.29) is 0 Å². The standard InChI is InChI=1S/C13H15F6NO/c1-8-5-3-4-6-9(8)10(20-2)7-21-11(12(14,15)16)13(17,18)19/h3-6,10-11,20H,7H2,1-2H3. The topological polar surface area (TPSA) is 21.3 Å². The molecule has 1 rings (SSSR count). The third kappa shape index (κ3) is 4.89. The Kier molecular flexibility index (Phi) is 5.63. The number of halogens is 6. The summed E-state index contributed by atoms with van der Waals surface area (Å²) in [7, 11) is 1.44.